The molecule has 0 aliphatic carbocycles. The van der Waals surface area contributed by atoms with Gasteiger partial charge in [0, 0.05) is 17.7 Å². The van der Waals surface area contributed by atoms with Crippen LogP contribution in [0.15, 0.2) is 48.5 Å². The highest BCUT2D eigenvalue weighted by Crippen LogP contribution is 2.12. The Kier molecular flexibility index (Phi) is 3.24. The number of anilines is 1. The molecule has 0 radical (unpaired) electrons. The Hall–Kier alpha value is -2.09. The number of hydrogen-bond donors (Lipinski definition) is 1. The van der Waals surface area contributed by atoms with Crippen LogP contribution in [-0.2, 0) is 6.42 Å². The number of carbonyl (C=O) groups is 1. The van der Waals surface area contributed by atoms with Crippen molar-refractivity contribution in [1.29, 1.82) is 0 Å². The minimum absolute atomic E-state index is 0.0999. The Labute approximate surface area is 101 Å². The number of hydrogen-bond acceptors (Lipinski definition) is 2. The molecule has 0 saturated heterocycles. The number of rotatable bonds is 3. The molecule has 2 aromatic rings. The first kappa shape index (κ1) is 11.4. The van der Waals surface area contributed by atoms with Crippen LogP contribution in [-0.4, -0.2) is 5.78 Å². The fourth-order valence-corrected chi connectivity index (χ4v) is 1.82. The fourth-order valence-electron chi connectivity index (χ4n) is 1.82. The average Bonchev–Trinajstić information content (AvgIpc) is 2.29. The Morgan fingerprint density at radius 3 is 2.59 bits per heavy atom. The number of ketones is 1. The first-order valence-electron chi connectivity index (χ1n) is 5.59. The Bertz CT molecular complexity index is 546. The lowest BCUT2D eigenvalue weighted by Gasteiger charge is -2.03. The Morgan fingerprint density at radius 2 is 1.88 bits per heavy atom. The second kappa shape index (κ2) is 4.83. The van der Waals surface area contributed by atoms with Gasteiger partial charge < -0.3 is 5.73 Å². The highest BCUT2D eigenvalue weighted by atomic mass is 16.1. The van der Waals surface area contributed by atoms with Crippen molar-refractivity contribution in [2.75, 3.05) is 5.73 Å². The summed E-state index contributed by atoms with van der Waals surface area (Å²) in [4.78, 5) is 12.0. The molecule has 0 aromatic heterocycles. The largest absolute Gasteiger partial charge is 0.399 e. The van der Waals surface area contributed by atoms with Gasteiger partial charge in [0.05, 0.1) is 0 Å². The van der Waals surface area contributed by atoms with Crippen LogP contribution in [0.4, 0.5) is 5.69 Å². The molecule has 0 fully saturated rings. The molecule has 0 aliphatic heterocycles. The zero-order valence-corrected chi connectivity index (χ0v) is 9.81. The summed E-state index contributed by atoms with van der Waals surface area (Å²) in [5.41, 5.74) is 9.17. The van der Waals surface area contributed by atoms with Crippen molar-refractivity contribution < 1.29 is 4.79 Å². The van der Waals surface area contributed by atoms with Gasteiger partial charge in [0.15, 0.2) is 5.78 Å². The molecule has 2 rings (SSSR count). The Balaban J connectivity index is 2.17. The zero-order chi connectivity index (χ0) is 12.3. The monoisotopic (exact) mass is 225 g/mol. The van der Waals surface area contributed by atoms with Crippen molar-refractivity contribution in [3.05, 3.63) is 65.2 Å². The molecular formula is C15H15NO. The number of Topliss-reactive ketones (excluding diaryl/α,β-unsaturated/α-hetero) is 1. The van der Waals surface area contributed by atoms with Gasteiger partial charge in [0.25, 0.3) is 0 Å². The lowest BCUT2D eigenvalue weighted by molar-refractivity contribution is 0.0993. The van der Waals surface area contributed by atoms with Gasteiger partial charge in [-0.15, -0.1) is 0 Å². The van der Waals surface area contributed by atoms with Crippen LogP contribution < -0.4 is 5.73 Å². The highest BCUT2D eigenvalue weighted by molar-refractivity contribution is 5.98. The summed E-state index contributed by atoms with van der Waals surface area (Å²) in [5.74, 6) is 0.0999. The van der Waals surface area contributed by atoms with Gasteiger partial charge in [-0.2, -0.15) is 0 Å². The van der Waals surface area contributed by atoms with E-state index in [9.17, 15) is 4.79 Å². The summed E-state index contributed by atoms with van der Waals surface area (Å²) in [6.45, 7) is 2.02. The number of aryl methyl sites for hydroxylation is 1. The predicted octanol–water partition coefficient (Wildman–Crippen LogP) is 3.00. The average molecular weight is 225 g/mol. The van der Waals surface area contributed by atoms with Gasteiger partial charge in [0.1, 0.15) is 0 Å². The maximum absolute atomic E-state index is 12.0. The van der Waals surface area contributed by atoms with Gasteiger partial charge in [-0.1, -0.05) is 42.0 Å². The molecule has 2 N–H and O–H groups in total. The third-order valence-electron chi connectivity index (χ3n) is 2.66. The van der Waals surface area contributed by atoms with Gasteiger partial charge >= 0.3 is 0 Å². The first-order valence-corrected chi connectivity index (χ1v) is 5.59. The van der Waals surface area contributed by atoms with E-state index < -0.39 is 0 Å². The van der Waals surface area contributed by atoms with Crippen molar-refractivity contribution in [2.24, 2.45) is 0 Å². The zero-order valence-electron chi connectivity index (χ0n) is 9.81. The van der Waals surface area contributed by atoms with Crippen LogP contribution in [0.2, 0.25) is 0 Å². The second-order valence-corrected chi connectivity index (χ2v) is 4.21. The van der Waals surface area contributed by atoms with Gasteiger partial charge in [-0.05, 0) is 24.6 Å². The highest BCUT2D eigenvalue weighted by Gasteiger charge is 2.07. The number of benzene rings is 2. The summed E-state index contributed by atoms with van der Waals surface area (Å²) in [5, 5.41) is 0. The van der Waals surface area contributed by atoms with E-state index in [1.807, 2.05) is 31.2 Å². The molecule has 17 heavy (non-hydrogen) atoms. The van der Waals surface area contributed by atoms with Crippen molar-refractivity contribution in [3.63, 3.8) is 0 Å². The minimum Gasteiger partial charge on any atom is -0.399 e. The summed E-state index contributed by atoms with van der Waals surface area (Å²) < 4.78 is 0. The van der Waals surface area contributed by atoms with Crippen LogP contribution in [0.1, 0.15) is 21.5 Å². The maximum Gasteiger partial charge on any atom is 0.167 e. The van der Waals surface area contributed by atoms with Crippen molar-refractivity contribution in [2.45, 2.75) is 13.3 Å². The van der Waals surface area contributed by atoms with E-state index in [1.165, 1.54) is 5.56 Å². The van der Waals surface area contributed by atoms with E-state index in [0.29, 0.717) is 17.7 Å². The van der Waals surface area contributed by atoms with Gasteiger partial charge in [-0.25, -0.2) is 0 Å². The summed E-state index contributed by atoms with van der Waals surface area (Å²) >= 11 is 0. The van der Waals surface area contributed by atoms with Crippen LogP contribution >= 0.6 is 0 Å². The standard InChI is InChI=1S/C15H15NO/c1-11-4-2-5-12(8-11)9-15(17)13-6-3-7-14(16)10-13/h2-8,10H,9,16H2,1H3. The topological polar surface area (TPSA) is 43.1 Å². The molecule has 0 atom stereocenters. The molecular weight excluding hydrogens is 210 g/mol. The first-order chi connectivity index (χ1) is 8.15. The molecule has 0 amide bonds. The van der Waals surface area contributed by atoms with Crippen LogP contribution in [0.3, 0.4) is 0 Å². The fraction of sp³-hybridized carbons (Fsp3) is 0.133. The Morgan fingerprint density at radius 1 is 1.12 bits per heavy atom. The van der Waals surface area contributed by atoms with E-state index in [-0.39, 0.29) is 5.78 Å². The summed E-state index contributed by atoms with van der Waals surface area (Å²) in [6, 6.07) is 15.1. The molecule has 0 heterocycles. The van der Waals surface area contributed by atoms with E-state index >= 15 is 0 Å². The van der Waals surface area contributed by atoms with E-state index in [0.717, 1.165) is 5.56 Å². The lowest BCUT2D eigenvalue weighted by Crippen LogP contribution is -2.04. The quantitative estimate of drug-likeness (QED) is 0.644. The molecule has 2 heteroatoms. The van der Waals surface area contributed by atoms with Crippen molar-refractivity contribution in [1.82, 2.24) is 0 Å². The van der Waals surface area contributed by atoms with E-state index in [4.69, 9.17) is 5.73 Å². The SMILES string of the molecule is Cc1cccc(CC(=O)c2cccc(N)c2)c1. The molecule has 86 valence electrons. The molecule has 2 nitrogen and oxygen atoms in total. The second-order valence-electron chi connectivity index (χ2n) is 4.21. The molecule has 0 aliphatic rings. The molecule has 0 unspecified atom stereocenters. The molecule has 2 aromatic carbocycles. The normalized spacial score (nSPS) is 10.2. The van der Waals surface area contributed by atoms with E-state index in [2.05, 4.69) is 0 Å². The molecule has 0 bridgehead atoms. The number of nitrogen functional groups attached to an aromatic ring is 1. The van der Waals surface area contributed by atoms with Crippen molar-refractivity contribution in [3.8, 4) is 0 Å². The van der Waals surface area contributed by atoms with Gasteiger partial charge in [-0.3, -0.25) is 4.79 Å². The molecule has 0 saturated carbocycles. The third kappa shape index (κ3) is 2.94. The smallest absolute Gasteiger partial charge is 0.167 e. The maximum atomic E-state index is 12.0. The predicted molar refractivity (Wildman–Crippen MR) is 70.1 cm³/mol. The number of nitrogens with two attached hydrogens (primary N) is 1. The van der Waals surface area contributed by atoms with Crippen LogP contribution in [0.25, 0.3) is 0 Å². The lowest BCUT2D eigenvalue weighted by atomic mass is 10.0. The van der Waals surface area contributed by atoms with Gasteiger partial charge in [0.2, 0.25) is 0 Å². The van der Waals surface area contributed by atoms with Crippen LogP contribution in [0, 0.1) is 6.92 Å². The van der Waals surface area contributed by atoms with Crippen LogP contribution in [0.5, 0.6) is 0 Å². The minimum atomic E-state index is 0.0999. The summed E-state index contributed by atoms with van der Waals surface area (Å²) in [7, 11) is 0. The summed E-state index contributed by atoms with van der Waals surface area (Å²) in [6.07, 6.45) is 0.422. The van der Waals surface area contributed by atoms with E-state index in [1.54, 1.807) is 24.3 Å². The van der Waals surface area contributed by atoms with Crippen molar-refractivity contribution >= 4 is 11.5 Å². The molecule has 0 spiro atoms. The third-order valence-corrected chi connectivity index (χ3v) is 2.66. The number of carbonyl (C=O) groups excluding carboxylic acids is 1.